The fourth-order valence-electron chi connectivity index (χ4n) is 2.37. The summed E-state index contributed by atoms with van der Waals surface area (Å²) in [6.07, 6.45) is 2.51. The van der Waals surface area contributed by atoms with Gasteiger partial charge in [0, 0.05) is 25.2 Å². The number of hydrogen-bond donors (Lipinski definition) is 1. The molecule has 100 valence electrons. The van der Waals surface area contributed by atoms with Crippen LogP contribution in [0.25, 0.3) is 0 Å². The Balaban J connectivity index is 2.18. The number of nitrogens with zero attached hydrogens (tertiary/aromatic N) is 1. The number of halogens is 2. The average Bonchev–Trinajstić information content (AvgIpc) is 3.11. The molecular weight excluding hydrogens is 234 g/mol. The van der Waals surface area contributed by atoms with Crippen LogP contribution in [0.5, 0.6) is 0 Å². The molecule has 1 aliphatic carbocycles. The normalized spacial score (nSPS) is 17.2. The zero-order chi connectivity index (χ0) is 13.1. The van der Waals surface area contributed by atoms with Crippen LogP contribution >= 0.6 is 0 Å². The Bertz CT molecular complexity index is 385. The highest BCUT2D eigenvalue weighted by Crippen LogP contribution is 2.32. The summed E-state index contributed by atoms with van der Waals surface area (Å²) in [6, 6.07) is 3.57. The van der Waals surface area contributed by atoms with Gasteiger partial charge in [0.2, 0.25) is 0 Å². The molecule has 0 aliphatic heterocycles. The van der Waals surface area contributed by atoms with E-state index in [4.69, 9.17) is 5.73 Å². The molecule has 1 saturated carbocycles. The van der Waals surface area contributed by atoms with Crippen LogP contribution in [0.4, 0.5) is 8.78 Å². The van der Waals surface area contributed by atoms with E-state index in [0.29, 0.717) is 12.1 Å². The topological polar surface area (TPSA) is 29.3 Å². The minimum absolute atomic E-state index is 0.0965. The molecule has 0 radical (unpaired) electrons. The third kappa shape index (κ3) is 3.27. The molecule has 18 heavy (non-hydrogen) atoms. The zero-order valence-electron chi connectivity index (χ0n) is 10.7. The minimum atomic E-state index is -0.536. The van der Waals surface area contributed by atoms with Gasteiger partial charge < -0.3 is 5.73 Å². The second-order valence-electron chi connectivity index (χ2n) is 4.99. The van der Waals surface area contributed by atoms with Crippen LogP contribution in [0, 0.1) is 17.6 Å². The molecule has 0 saturated heterocycles. The molecule has 1 fully saturated rings. The van der Waals surface area contributed by atoms with Crippen LogP contribution in [0.1, 0.15) is 31.4 Å². The predicted octanol–water partition coefficient (Wildman–Crippen LogP) is 2.70. The Hall–Kier alpha value is -1.00. The summed E-state index contributed by atoms with van der Waals surface area (Å²) in [6.45, 7) is 4.25. The Morgan fingerprint density at radius 2 is 1.89 bits per heavy atom. The summed E-state index contributed by atoms with van der Waals surface area (Å²) in [7, 11) is 0. The average molecular weight is 254 g/mol. The molecule has 2 N–H and O–H groups in total. The third-order valence-electron chi connectivity index (χ3n) is 3.53. The van der Waals surface area contributed by atoms with Gasteiger partial charge in [-0.3, -0.25) is 4.90 Å². The molecule has 1 aliphatic rings. The Labute approximate surface area is 107 Å². The van der Waals surface area contributed by atoms with Gasteiger partial charge in [-0.2, -0.15) is 0 Å². The van der Waals surface area contributed by atoms with E-state index in [0.717, 1.165) is 25.1 Å². The van der Waals surface area contributed by atoms with Crippen molar-refractivity contribution in [3.05, 3.63) is 35.4 Å². The lowest BCUT2D eigenvalue weighted by Crippen LogP contribution is -2.35. The van der Waals surface area contributed by atoms with Gasteiger partial charge in [0.1, 0.15) is 11.6 Å². The first kappa shape index (κ1) is 13.4. The third-order valence-corrected chi connectivity index (χ3v) is 3.53. The second kappa shape index (κ2) is 5.76. The molecule has 0 spiro atoms. The molecule has 2 rings (SSSR count). The summed E-state index contributed by atoms with van der Waals surface area (Å²) < 4.78 is 26.5. The number of likely N-dealkylation sites (N-methyl/N-ethyl adjacent to an activating group) is 1. The summed E-state index contributed by atoms with van der Waals surface area (Å²) in [4.78, 5) is 2.21. The number of benzene rings is 1. The van der Waals surface area contributed by atoms with Crippen LogP contribution in [0.2, 0.25) is 0 Å². The fourth-order valence-corrected chi connectivity index (χ4v) is 2.37. The molecule has 2 nitrogen and oxygen atoms in total. The maximum Gasteiger partial charge on any atom is 0.126 e. The van der Waals surface area contributed by atoms with Gasteiger partial charge in [-0.25, -0.2) is 8.78 Å². The van der Waals surface area contributed by atoms with E-state index in [2.05, 4.69) is 11.8 Å². The van der Waals surface area contributed by atoms with Crippen molar-refractivity contribution >= 4 is 0 Å². The Morgan fingerprint density at radius 1 is 1.28 bits per heavy atom. The monoisotopic (exact) mass is 254 g/mol. The van der Waals surface area contributed by atoms with E-state index < -0.39 is 11.6 Å². The molecule has 1 atom stereocenters. The lowest BCUT2D eigenvalue weighted by molar-refractivity contribution is 0.203. The van der Waals surface area contributed by atoms with Crippen molar-refractivity contribution in [2.75, 3.05) is 19.6 Å². The lowest BCUT2D eigenvalue weighted by atomic mass is 10.0. The molecule has 0 heterocycles. The molecule has 0 bridgehead atoms. The van der Waals surface area contributed by atoms with E-state index in [-0.39, 0.29) is 6.04 Å². The van der Waals surface area contributed by atoms with E-state index in [1.807, 2.05) is 0 Å². The summed E-state index contributed by atoms with van der Waals surface area (Å²) in [5, 5.41) is 0. The second-order valence-corrected chi connectivity index (χ2v) is 4.99. The molecule has 1 aromatic rings. The quantitative estimate of drug-likeness (QED) is 0.845. The van der Waals surface area contributed by atoms with Crippen LogP contribution in [-0.4, -0.2) is 24.5 Å². The first-order valence-electron chi connectivity index (χ1n) is 6.54. The Morgan fingerprint density at radius 3 is 2.33 bits per heavy atom. The molecule has 1 aromatic carbocycles. The van der Waals surface area contributed by atoms with Crippen molar-refractivity contribution < 1.29 is 8.78 Å². The van der Waals surface area contributed by atoms with E-state index in [1.54, 1.807) is 0 Å². The zero-order valence-corrected chi connectivity index (χ0v) is 10.7. The highest BCUT2D eigenvalue weighted by atomic mass is 19.1. The summed E-state index contributed by atoms with van der Waals surface area (Å²) >= 11 is 0. The maximum absolute atomic E-state index is 13.3. The van der Waals surface area contributed by atoms with Crippen molar-refractivity contribution in [1.82, 2.24) is 4.90 Å². The largest absolute Gasteiger partial charge is 0.329 e. The SMILES string of the molecule is CCN(CC1CC1)C(CN)c1cc(F)cc(F)c1. The standard InChI is InChI=1S/C14H20F2N2/c1-2-18(9-10-3-4-10)14(8-17)11-5-12(15)7-13(16)6-11/h5-7,10,14H,2-4,8-9,17H2,1H3. The fraction of sp³-hybridized carbons (Fsp3) is 0.571. The van der Waals surface area contributed by atoms with Crippen molar-refractivity contribution in [1.29, 1.82) is 0 Å². The molecular formula is C14H20F2N2. The van der Waals surface area contributed by atoms with Gasteiger partial charge in [0.25, 0.3) is 0 Å². The Kier molecular flexibility index (Phi) is 4.30. The van der Waals surface area contributed by atoms with E-state index in [1.165, 1.54) is 25.0 Å². The first-order chi connectivity index (χ1) is 8.63. The number of rotatable bonds is 6. The molecule has 1 unspecified atom stereocenters. The van der Waals surface area contributed by atoms with Gasteiger partial charge in [0.15, 0.2) is 0 Å². The first-order valence-corrected chi connectivity index (χ1v) is 6.54. The van der Waals surface area contributed by atoms with Gasteiger partial charge in [0.05, 0.1) is 0 Å². The van der Waals surface area contributed by atoms with Crippen LogP contribution < -0.4 is 5.73 Å². The van der Waals surface area contributed by atoms with Crippen molar-refractivity contribution in [3.8, 4) is 0 Å². The van der Waals surface area contributed by atoms with E-state index in [9.17, 15) is 8.78 Å². The highest BCUT2D eigenvalue weighted by Gasteiger charge is 2.27. The van der Waals surface area contributed by atoms with Crippen LogP contribution in [-0.2, 0) is 0 Å². The van der Waals surface area contributed by atoms with Crippen LogP contribution in [0.15, 0.2) is 18.2 Å². The maximum atomic E-state index is 13.3. The van der Waals surface area contributed by atoms with Crippen molar-refractivity contribution in [2.45, 2.75) is 25.8 Å². The molecule has 0 aromatic heterocycles. The van der Waals surface area contributed by atoms with Gasteiger partial charge in [-0.1, -0.05) is 6.92 Å². The molecule has 4 heteroatoms. The molecule has 0 amide bonds. The summed E-state index contributed by atoms with van der Waals surface area (Å²) in [5.41, 5.74) is 6.43. The van der Waals surface area contributed by atoms with Crippen molar-refractivity contribution in [2.24, 2.45) is 11.7 Å². The summed E-state index contributed by atoms with van der Waals surface area (Å²) in [5.74, 6) is -0.339. The van der Waals surface area contributed by atoms with Gasteiger partial charge in [-0.05, 0) is 43.0 Å². The highest BCUT2D eigenvalue weighted by molar-refractivity contribution is 5.22. The minimum Gasteiger partial charge on any atom is -0.329 e. The smallest absolute Gasteiger partial charge is 0.126 e. The number of nitrogens with two attached hydrogens (primary N) is 1. The van der Waals surface area contributed by atoms with E-state index >= 15 is 0 Å². The van der Waals surface area contributed by atoms with Gasteiger partial charge >= 0.3 is 0 Å². The lowest BCUT2D eigenvalue weighted by Gasteiger charge is -2.30. The predicted molar refractivity (Wildman–Crippen MR) is 68.1 cm³/mol. The number of hydrogen-bond acceptors (Lipinski definition) is 2. The van der Waals surface area contributed by atoms with Crippen LogP contribution in [0.3, 0.4) is 0 Å². The van der Waals surface area contributed by atoms with Crippen molar-refractivity contribution in [3.63, 3.8) is 0 Å². The van der Waals surface area contributed by atoms with Gasteiger partial charge in [-0.15, -0.1) is 0 Å².